The molecule has 0 bridgehead atoms. The Morgan fingerprint density at radius 3 is 1.59 bits per heavy atom. The fourth-order valence-corrected chi connectivity index (χ4v) is 3.93. The van der Waals surface area contributed by atoms with E-state index in [1.807, 2.05) is 0 Å². The molecule has 10 nitrogen and oxygen atoms in total. The summed E-state index contributed by atoms with van der Waals surface area (Å²) in [5, 5.41) is 18.6. The second-order valence-electron chi connectivity index (χ2n) is 4.62. The summed E-state index contributed by atoms with van der Waals surface area (Å²) in [4.78, 5) is 49.1. The summed E-state index contributed by atoms with van der Waals surface area (Å²) in [5.74, 6) is -5.86. The van der Waals surface area contributed by atoms with Crippen molar-refractivity contribution in [3.63, 3.8) is 0 Å². The van der Waals surface area contributed by atoms with E-state index in [9.17, 15) is 43.7 Å². The van der Waals surface area contributed by atoms with E-state index in [-0.39, 0.29) is 0 Å². The van der Waals surface area contributed by atoms with Crippen LogP contribution in [0.15, 0.2) is 25.3 Å². The highest BCUT2D eigenvalue weighted by Gasteiger charge is 2.53. The van der Waals surface area contributed by atoms with E-state index in [0.29, 0.717) is 17.1 Å². The maximum absolute atomic E-state index is 11.6. The van der Waals surface area contributed by atoms with Gasteiger partial charge in [-0.2, -0.15) is 0 Å². The number of rotatable bonds is 9. The molecule has 0 heterocycles. The quantitative estimate of drug-likeness (QED) is 0.232. The van der Waals surface area contributed by atoms with Gasteiger partial charge in [0.15, 0.2) is 0 Å². The molecule has 12 heteroatoms. The average Bonchev–Trinajstić information content (AvgIpc) is 2.34. The zero-order chi connectivity index (χ0) is 17.9. The van der Waals surface area contributed by atoms with E-state index >= 15 is 0 Å². The Balaban J connectivity index is 6.50. The van der Waals surface area contributed by atoms with Crippen molar-refractivity contribution in [2.75, 3.05) is 6.61 Å². The van der Waals surface area contributed by atoms with Crippen LogP contribution in [-0.2, 0) is 13.9 Å². The van der Waals surface area contributed by atoms with Crippen molar-refractivity contribution in [2.24, 2.45) is 0 Å². The summed E-state index contributed by atoms with van der Waals surface area (Å²) >= 11 is 0. The zero-order valence-corrected chi connectivity index (χ0v) is 13.5. The van der Waals surface area contributed by atoms with Crippen molar-refractivity contribution in [2.45, 2.75) is 24.0 Å². The first-order valence-electron chi connectivity index (χ1n) is 5.75. The van der Waals surface area contributed by atoms with Crippen LogP contribution < -0.4 is 0 Å². The molecular formula is C10H19NO9P2. The van der Waals surface area contributed by atoms with E-state index in [0.717, 1.165) is 6.92 Å². The third kappa shape index (κ3) is 4.34. The average molecular weight is 359 g/mol. The van der Waals surface area contributed by atoms with Gasteiger partial charge in [-0.3, -0.25) is 18.8 Å². The van der Waals surface area contributed by atoms with Crippen LogP contribution in [0.5, 0.6) is 0 Å². The van der Waals surface area contributed by atoms with E-state index < -0.39 is 44.9 Å². The van der Waals surface area contributed by atoms with Gasteiger partial charge >= 0.3 is 21.2 Å². The molecule has 0 aliphatic carbocycles. The molecular weight excluding hydrogens is 340 g/mol. The van der Waals surface area contributed by atoms with Gasteiger partial charge in [0.1, 0.15) is 17.1 Å². The Morgan fingerprint density at radius 2 is 1.45 bits per heavy atom. The first-order valence-corrected chi connectivity index (χ1v) is 9.12. The second-order valence-corrected chi connectivity index (χ2v) is 8.04. The number of carbonyl (C=O) groups is 1. The molecule has 0 rings (SSSR count). The number of hydrogen-bond acceptors (Lipinski definition) is 5. The van der Waals surface area contributed by atoms with Crippen molar-refractivity contribution in [1.29, 1.82) is 0 Å². The number of carboxylic acids is 1. The van der Waals surface area contributed by atoms with E-state index in [4.69, 9.17) is 0 Å². The molecule has 6 N–H and O–H groups in total. The van der Waals surface area contributed by atoms with Crippen LogP contribution in [0, 0.1) is 0 Å². The highest BCUT2D eigenvalue weighted by molar-refractivity contribution is 7.53. The molecule has 0 aromatic rings. The third-order valence-corrected chi connectivity index (χ3v) is 5.32. The first-order chi connectivity index (χ1) is 9.77. The summed E-state index contributed by atoms with van der Waals surface area (Å²) in [6.45, 7) is 6.02. The molecule has 0 fully saturated rings. The molecule has 0 aromatic heterocycles. The highest BCUT2D eigenvalue weighted by Crippen LogP contribution is 2.53. The number of aliphatic hydroxyl groups is 1. The number of carboxylic acid groups (broad SMARTS) is 1. The number of aliphatic carboxylic acids is 1. The van der Waals surface area contributed by atoms with Crippen LogP contribution in [0.2, 0.25) is 0 Å². The lowest BCUT2D eigenvalue weighted by Gasteiger charge is -2.44. The topological polar surface area (TPSA) is 176 Å². The molecule has 2 unspecified atom stereocenters. The lowest BCUT2D eigenvalue weighted by molar-refractivity contribution is -0.154. The van der Waals surface area contributed by atoms with Gasteiger partial charge in [-0.05, 0) is 6.92 Å². The lowest BCUT2D eigenvalue weighted by atomic mass is 10.0. The molecule has 0 amide bonds. The SMILES string of the molecule is C=CC(N(C(C=C)P(=O)(O)O)[C@@](C)(CO)C(=O)O)P(=O)(O)O. The van der Waals surface area contributed by atoms with Crippen LogP contribution in [0.3, 0.4) is 0 Å². The molecule has 0 aromatic carbocycles. The molecule has 0 aliphatic rings. The maximum Gasteiger partial charge on any atom is 0.346 e. The summed E-state index contributed by atoms with van der Waals surface area (Å²) in [5.41, 5.74) is -2.40. The highest BCUT2D eigenvalue weighted by atomic mass is 31.2. The van der Waals surface area contributed by atoms with Gasteiger partial charge < -0.3 is 29.8 Å². The molecule has 0 aliphatic heterocycles. The van der Waals surface area contributed by atoms with Crippen molar-refractivity contribution in [3.05, 3.63) is 25.3 Å². The predicted molar refractivity (Wildman–Crippen MR) is 77.0 cm³/mol. The summed E-state index contributed by atoms with van der Waals surface area (Å²) < 4.78 is 23.1. The van der Waals surface area contributed by atoms with Gasteiger partial charge in [0.05, 0.1) is 6.61 Å². The second kappa shape index (κ2) is 7.16. The molecule has 0 saturated carbocycles. The largest absolute Gasteiger partial charge is 0.480 e. The van der Waals surface area contributed by atoms with Gasteiger partial charge in [-0.25, -0.2) is 0 Å². The summed E-state index contributed by atoms with van der Waals surface area (Å²) in [7, 11) is -10.2. The first kappa shape index (κ1) is 21.2. The standard InChI is InChI=1S/C10H19NO9P2/c1-4-7(21(15,16)17)11(8(5-2)22(18,19)20)10(3,6-12)9(13)14/h4-5,7-8,12H,1-2,6H2,3H3,(H,13,14)(H2,15,16,17)(H2,18,19,20)/t7?,8?,10-/m0/s1. The van der Waals surface area contributed by atoms with E-state index in [2.05, 4.69) is 13.2 Å². The fraction of sp³-hybridized carbons (Fsp3) is 0.500. The molecule has 0 radical (unpaired) electrons. The van der Waals surface area contributed by atoms with Gasteiger partial charge in [0.25, 0.3) is 0 Å². The van der Waals surface area contributed by atoms with Crippen molar-refractivity contribution in [3.8, 4) is 0 Å². The molecule has 3 atom stereocenters. The van der Waals surface area contributed by atoms with Crippen molar-refractivity contribution < 1.29 is 43.7 Å². The van der Waals surface area contributed by atoms with Crippen LogP contribution in [0.1, 0.15) is 6.92 Å². The number of nitrogens with zero attached hydrogens (tertiary/aromatic N) is 1. The molecule has 0 saturated heterocycles. The molecule has 0 spiro atoms. The molecule has 22 heavy (non-hydrogen) atoms. The Kier molecular flexibility index (Phi) is 6.89. The van der Waals surface area contributed by atoms with E-state index in [1.165, 1.54) is 0 Å². The lowest BCUT2D eigenvalue weighted by Crippen LogP contribution is -2.61. The monoisotopic (exact) mass is 359 g/mol. The smallest absolute Gasteiger partial charge is 0.346 e. The Hall–Kier alpha value is -0.830. The predicted octanol–water partition coefficient (Wildman–Crippen LogP) is -0.496. The minimum absolute atomic E-state index is 0.316. The Labute approximate surface area is 126 Å². The van der Waals surface area contributed by atoms with Gasteiger partial charge in [-0.1, -0.05) is 12.2 Å². The minimum Gasteiger partial charge on any atom is -0.480 e. The van der Waals surface area contributed by atoms with Crippen LogP contribution in [-0.4, -0.2) is 64.4 Å². The van der Waals surface area contributed by atoms with Gasteiger partial charge in [-0.15, -0.1) is 13.2 Å². The van der Waals surface area contributed by atoms with E-state index in [1.54, 1.807) is 0 Å². The fourth-order valence-electron chi connectivity index (χ4n) is 1.83. The normalized spacial score (nSPS) is 18.3. The summed E-state index contributed by atoms with van der Waals surface area (Å²) in [6.07, 6.45) is 1.31. The minimum atomic E-state index is -5.08. The van der Waals surface area contributed by atoms with Crippen LogP contribution in [0.4, 0.5) is 0 Å². The van der Waals surface area contributed by atoms with Crippen molar-refractivity contribution >= 4 is 21.2 Å². The number of hydrogen-bond donors (Lipinski definition) is 6. The Morgan fingerprint density at radius 1 is 1.14 bits per heavy atom. The van der Waals surface area contributed by atoms with Gasteiger partial charge in [0, 0.05) is 0 Å². The van der Waals surface area contributed by atoms with Crippen LogP contribution in [0.25, 0.3) is 0 Å². The number of aliphatic hydroxyl groups excluding tert-OH is 1. The van der Waals surface area contributed by atoms with Gasteiger partial charge in [0.2, 0.25) is 0 Å². The molecule has 128 valence electrons. The zero-order valence-electron chi connectivity index (χ0n) is 11.7. The van der Waals surface area contributed by atoms with Crippen molar-refractivity contribution in [1.82, 2.24) is 4.90 Å². The Bertz CT molecular complexity index is 505. The maximum atomic E-state index is 11.6. The third-order valence-electron chi connectivity index (χ3n) is 3.02. The van der Waals surface area contributed by atoms with Crippen LogP contribution >= 0.6 is 15.2 Å². The summed E-state index contributed by atoms with van der Waals surface area (Å²) in [6, 6.07) is 0.